The number of allylic oxidation sites excluding steroid dienone is 12. The maximum Gasteiger partial charge on any atom is 0.305 e. The van der Waals surface area contributed by atoms with Gasteiger partial charge < -0.3 is 4.74 Å². The molecule has 2 heteroatoms. The van der Waals surface area contributed by atoms with Gasteiger partial charge in [-0.25, -0.2) is 0 Å². The Morgan fingerprint density at radius 1 is 0.469 bits per heavy atom. The summed E-state index contributed by atoms with van der Waals surface area (Å²) in [5.74, 6) is 1.32. The van der Waals surface area contributed by atoms with E-state index in [4.69, 9.17) is 4.74 Å². The van der Waals surface area contributed by atoms with Crippen LogP contribution in [0.2, 0.25) is 0 Å². The largest absolute Gasteiger partial charge is 0.465 e. The average Bonchev–Trinajstić information content (AvgIpc) is 3.11. The molecule has 2 nitrogen and oxygen atoms in total. The van der Waals surface area contributed by atoms with E-state index in [1.54, 1.807) is 0 Å². The molecule has 0 rings (SSSR count). The molecule has 0 saturated carbocycles. The molecule has 282 valence electrons. The fourth-order valence-corrected chi connectivity index (χ4v) is 6.02. The third-order valence-corrected chi connectivity index (χ3v) is 9.53. The van der Waals surface area contributed by atoms with Crippen LogP contribution in [0.5, 0.6) is 0 Å². The summed E-state index contributed by atoms with van der Waals surface area (Å²) in [6.45, 7) is 9.55. The topological polar surface area (TPSA) is 26.3 Å². The summed E-state index contributed by atoms with van der Waals surface area (Å²) in [7, 11) is 0. The van der Waals surface area contributed by atoms with Crippen LogP contribution < -0.4 is 0 Å². The van der Waals surface area contributed by atoms with Crippen molar-refractivity contribution in [1.82, 2.24) is 0 Å². The first-order valence-corrected chi connectivity index (χ1v) is 21.2. The molecular weight excluding hydrogens is 597 g/mol. The van der Waals surface area contributed by atoms with Gasteiger partial charge in [-0.15, -0.1) is 0 Å². The zero-order valence-corrected chi connectivity index (χ0v) is 33.2. The van der Waals surface area contributed by atoms with Crippen molar-refractivity contribution < 1.29 is 9.53 Å². The number of esters is 1. The van der Waals surface area contributed by atoms with Crippen molar-refractivity contribution in [3.05, 3.63) is 72.9 Å². The molecule has 0 radical (unpaired) electrons. The molecule has 0 aliphatic heterocycles. The molecule has 0 spiro atoms. The van der Waals surface area contributed by atoms with E-state index in [9.17, 15) is 4.79 Å². The van der Waals surface area contributed by atoms with Gasteiger partial charge in [-0.1, -0.05) is 184 Å². The highest BCUT2D eigenvalue weighted by atomic mass is 16.5. The lowest BCUT2D eigenvalue weighted by Crippen LogP contribution is -2.14. The molecule has 0 heterocycles. The Balaban J connectivity index is 4.16. The molecular formula is C47H82O2. The van der Waals surface area contributed by atoms with Crippen molar-refractivity contribution in [3.63, 3.8) is 0 Å². The van der Waals surface area contributed by atoms with Crippen molar-refractivity contribution in [2.45, 2.75) is 201 Å². The Morgan fingerprint density at radius 2 is 0.857 bits per heavy atom. The molecule has 0 aromatic rings. The lowest BCUT2D eigenvalue weighted by atomic mass is 9.94. The number of unbranched alkanes of at least 4 members (excludes halogenated alkanes) is 13. The van der Waals surface area contributed by atoms with Gasteiger partial charge in [0.2, 0.25) is 0 Å². The van der Waals surface area contributed by atoms with Gasteiger partial charge in [0.25, 0.3) is 0 Å². The van der Waals surface area contributed by atoms with Crippen LogP contribution in [-0.4, -0.2) is 12.6 Å². The summed E-state index contributed by atoms with van der Waals surface area (Å²) in [6.07, 6.45) is 59.7. The molecule has 1 atom stereocenters. The maximum absolute atomic E-state index is 12.5. The van der Waals surface area contributed by atoms with Crippen molar-refractivity contribution in [2.24, 2.45) is 11.8 Å². The molecule has 0 N–H and O–H groups in total. The van der Waals surface area contributed by atoms with Crippen LogP contribution in [0.3, 0.4) is 0 Å². The number of hydrogen-bond acceptors (Lipinski definition) is 2. The third kappa shape index (κ3) is 38.6. The van der Waals surface area contributed by atoms with Crippen LogP contribution in [0.15, 0.2) is 72.9 Å². The number of hydrogen-bond donors (Lipinski definition) is 0. The molecule has 0 bridgehead atoms. The molecule has 49 heavy (non-hydrogen) atoms. The van der Waals surface area contributed by atoms with Crippen molar-refractivity contribution in [3.8, 4) is 0 Å². The first-order chi connectivity index (χ1) is 24.1. The van der Waals surface area contributed by atoms with Crippen LogP contribution in [0, 0.1) is 11.8 Å². The minimum absolute atomic E-state index is 0.0255. The smallest absolute Gasteiger partial charge is 0.305 e. The molecule has 0 fully saturated rings. The zero-order chi connectivity index (χ0) is 35.7. The molecule has 0 saturated heterocycles. The van der Waals surface area contributed by atoms with Crippen molar-refractivity contribution >= 4 is 5.97 Å². The van der Waals surface area contributed by atoms with E-state index in [1.165, 1.54) is 116 Å². The molecule has 0 aromatic heterocycles. The van der Waals surface area contributed by atoms with Gasteiger partial charge in [0.15, 0.2) is 0 Å². The molecule has 0 amide bonds. The van der Waals surface area contributed by atoms with Gasteiger partial charge >= 0.3 is 5.97 Å². The molecule has 0 aliphatic carbocycles. The van der Waals surface area contributed by atoms with E-state index in [-0.39, 0.29) is 5.97 Å². The first-order valence-electron chi connectivity index (χ1n) is 21.2. The highest BCUT2D eigenvalue weighted by Gasteiger charge is 2.12. The minimum Gasteiger partial charge on any atom is -0.465 e. The van der Waals surface area contributed by atoms with Crippen LogP contribution in [0.1, 0.15) is 201 Å². The van der Waals surface area contributed by atoms with Gasteiger partial charge in [0, 0.05) is 6.42 Å². The second-order valence-electron chi connectivity index (χ2n) is 14.3. The van der Waals surface area contributed by atoms with Gasteiger partial charge in [0.05, 0.1) is 6.61 Å². The minimum atomic E-state index is 0.0255. The Labute approximate surface area is 307 Å². The van der Waals surface area contributed by atoms with Crippen LogP contribution in [0.25, 0.3) is 0 Å². The highest BCUT2D eigenvalue weighted by Crippen LogP contribution is 2.21. The van der Waals surface area contributed by atoms with E-state index >= 15 is 0 Å². The standard InChI is InChI=1S/C47H82O2/c1-5-8-10-12-14-16-18-20-22-24-26-28-30-32-34-36-41-46(44-49-47(48)43-39-38-40-45(4)7-3)42-37-35-33-31-29-27-25-23-21-19-17-15-13-11-9-6-2/h8-11,14-17,20-23,45-46H,5-7,12-13,18-19,24-44H2,1-4H3. The summed E-state index contributed by atoms with van der Waals surface area (Å²) in [5.41, 5.74) is 0. The summed E-state index contributed by atoms with van der Waals surface area (Å²) in [5, 5.41) is 0. The van der Waals surface area contributed by atoms with Gasteiger partial charge in [-0.2, -0.15) is 0 Å². The van der Waals surface area contributed by atoms with Crippen LogP contribution in [-0.2, 0) is 9.53 Å². The average molecular weight is 679 g/mol. The van der Waals surface area contributed by atoms with E-state index in [2.05, 4.69) is 101 Å². The monoisotopic (exact) mass is 679 g/mol. The Hall–Kier alpha value is -2.09. The summed E-state index contributed by atoms with van der Waals surface area (Å²) in [4.78, 5) is 12.5. The Kier molecular flexibility index (Phi) is 38.6. The van der Waals surface area contributed by atoms with Gasteiger partial charge in [-0.05, 0) is 95.3 Å². The number of rotatable bonds is 36. The SMILES string of the molecule is CCC=CCC=CCC=CCCCCCCCCC(CCCCCCCCC=CCC=CCC=CCC)COC(=O)CCCCC(C)CC. The van der Waals surface area contributed by atoms with Crippen LogP contribution >= 0.6 is 0 Å². The summed E-state index contributed by atoms with van der Waals surface area (Å²) < 4.78 is 5.83. The summed E-state index contributed by atoms with van der Waals surface area (Å²) in [6, 6.07) is 0. The predicted molar refractivity (Wildman–Crippen MR) is 220 cm³/mol. The highest BCUT2D eigenvalue weighted by molar-refractivity contribution is 5.69. The fraction of sp³-hybridized carbons (Fsp3) is 0.723. The van der Waals surface area contributed by atoms with Crippen molar-refractivity contribution in [1.29, 1.82) is 0 Å². The number of carbonyl (C=O) groups is 1. The second kappa shape index (κ2) is 40.3. The lowest BCUT2D eigenvalue weighted by Gasteiger charge is -2.17. The predicted octanol–water partition coefficient (Wildman–Crippen LogP) is 15.7. The zero-order valence-electron chi connectivity index (χ0n) is 33.2. The normalized spacial score (nSPS) is 13.8. The maximum atomic E-state index is 12.5. The lowest BCUT2D eigenvalue weighted by molar-refractivity contribution is -0.145. The number of ether oxygens (including phenoxy) is 1. The molecule has 1 unspecified atom stereocenters. The first kappa shape index (κ1) is 46.9. The van der Waals surface area contributed by atoms with Crippen LogP contribution in [0.4, 0.5) is 0 Å². The fourth-order valence-electron chi connectivity index (χ4n) is 6.02. The molecule has 0 aromatic carbocycles. The Bertz CT molecular complexity index is 803. The van der Waals surface area contributed by atoms with E-state index in [1.807, 2.05) is 0 Å². The van der Waals surface area contributed by atoms with E-state index in [0.717, 1.165) is 57.3 Å². The van der Waals surface area contributed by atoms with E-state index < -0.39 is 0 Å². The second-order valence-corrected chi connectivity index (χ2v) is 14.3. The van der Waals surface area contributed by atoms with Gasteiger partial charge in [-0.3, -0.25) is 4.79 Å². The van der Waals surface area contributed by atoms with Crippen molar-refractivity contribution in [2.75, 3.05) is 6.61 Å². The molecule has 0 aliphatic rings. The van der Waals surface area contributed by atoms with E-state index in [0.29, 0.717) is 18.9 Å². The Morgan fingerprint density at radius 3 is 1.31 bits per heavy atom. The number of carbonyl (C=O) groups excluding carboxylic acids is 1. The third-order valence-electron chi connectivity index (χ3n) is 9.53. The quantitative estimate of drug-likeness (QED) is 0.0374. The van der Waals surface area contributed by atoms with Gasteiger partial charge in [0.1, 0.15) is 0 Å². The summed E-state index contributed by atoms with van der Waals surface area (Å²) >= 11 is 0.